The predicted octanol–water partition coefficient (Wildman–Crippen LogP) is 7.09. The van der Waals surface area contributed by atoms with Gasteiger partial charge in [-0.25, -0.2) is 9.07 Å². The van der Waals surface area contributed by atoms with E-state index in [9.17, 15) is 9.18 Å². The van der Waals surface area contributed by atoms with Gasteiger partial charge in [-0.2, -0.15) is 5.10 Å². The number of carbonyl (C=O) groups excluding carboxylic acids is 1. The van der Waals surface area contributed by atoms with Crippen LogP contribution in [0.2, 0.25) is 10.0 Å². The van der Waals surface area contributed by atoms with Crippen LogP contribution >= 0.6 is 23.2 Å². The van der Waals surface area contributed by atoms with Crippen LogP contribution in [-0.2, 0) is 6.54 Å². The van der Waals surface area contributed by atoms with Gasteiger partial charge in [-0.1, -0.05) is 54.7 Å². The second-order valence-electron chi connectivity index (χ2n) is 7.94. The third-order valence-electron chi connectivity index (χ3n) is 5.39. The van der Waals surface area contributed by atoms with E-state index in [1.54, 1.807) is 28.9 Å². The van der Waals surface area contributed by atoms with E-state index in [4.69, 9.17) is 33.0 Å². The summed E-state index contributed by atoms with van der Waals surface area (Å²) in [6.45, 7) is 2.69. The molecule has 0 aliphatic heterocycles. The fraction of sp³-hybridized carbons (Fsp3) is 0.185. The molecule has 8 heteroatoms. The average molecular weight is 512 g/mol. The van der Waals surface area contributed by atoms with Gasteiger partial charge in [-0.3, -0.25) is 4.79 Å². The molecule has 5 nitrogen and oxygen atoms in total. The summed E-state index contributed by atoms with van der Waals surface area (Å²) in [5.41, 5.74) is 3.09. The van der Waals surface area contributed by atoms with Gasteiger partial charge in [0.2, 0.25) is 0 Å². The number of benzene rings is 3. The number of aromatic nitrogens is 2. The summed E-state index contributed by atoms with van der Waals surface area (Å²) in [5, 5.41) is 8.25. The van der Waals surface area contributed by atoms with Crippen molar-refractivity contribution in [2.24, 2.45) is 0 Å². The Bertz CT molecular complexity index is 1330. The largest absolute Gasteiger partial charge is 0.491 e. The molecule has 0 aliphatic carbocycles. The minimum Gasteiger partial charge on any atom is -0.491 e. The molecule has 1 aromatic heterocycles. The highest BCUT2D eigenvalue weighted by molar-refractivity contribution is 6.42. The van der Waals surface area contributed by atoms with Crippen molar-refractivity contribution in [3.8, 4) is 22.7 Å². The van der Waals surface area contributed by atoms with Crippen LogP contribution in [-0.4, -0.2) is 22.3 Å². The first kappa shape index (κ1) is 24.8. The van der Waals surface area contributed by atoms with Gasteiger partial charge >= 0.3 is 0 Å². The van der Waals surface area contributed by atoms with Crippen molar-refractivity contribution in [3.63, 3.8) is 0 Å². The van der Waals surface area contributed by atoms with Crippen LogP contribution in [0.5, 0.6) is 5.75 Å². The highest BCUT2D eigenvalue weighted by atomic mass is 35.5. The molecular weight excluding hydrogens is 488 g/mol. The summed E-state index contributed by atoms with van der Waals surface area (Å²) in [6, 6.07) is 19.0. The molecule has 180 valence electrons. The van der Waals surface area contributed by atoms with E-state index in [0.717, 1.165) is 24.1 Å². The second-order valence-corrected chi connectivity index (χ2v) is 8.76. The number of rotatable bonds is 9. The molecule has 1 heterocycles. The van der Waals surface area contributed by atoms with Crippen LogP contribution in [0.25, 0.3) is 16.9 Å². The highest BCUT2D eigenvalue weighted by Crippen LogP contribution is 2.29. The Morgan fingerprint density at radius 3 is 2.57 bits per heavy atom. The van der Waals surface area contributed by atoms with Gasteiger partial charge in [0.15, 0.2) is 11.6 Å². The Morgan fingerprint density at radius 2 is 1.86 bits per heavy atom. The third kappa shape index (κ3) is 6.02. The van der Waals surface area contributed by atoms with Crippen LogP contribution in [0.3, 0.4) is 0 Å². The molecule has 0 saturated carbocycles. The molecule has 4 rings (SSSR count). The van der Waals surface area contributed by atoms with E-state index in [2.05, 4.69) is 5.32 Å². The zero-order chi connectivity index (χ0) is 24.8. The standard InChI is InChI=1S/C27H24Cl2FN3O2/c1-2-3-13-35-25-12-10-18(15-24(25)30)26-20(17-33(32-26)21-7-5-4-6-8-21)16-31-27(34)19-9-11-22(28)23(29)14-19/h4-12,14-15,17H,2-3,13,16H2,1H3,(H,31,34). The summed E-state index contributed by atoms with van der Waals surface area (Å²) in [5.74, 6) is -0.564. The molecule has 1 amide bonds. The molecule has 1 N–H and O–H groups in total. The molecule has 35 heavy (non-hydrogen) atoms. The fourth-order valence-electron chi connectivity index (χ4n) is 3.50. The number of nitrogens with one attached hydrogen (secondary N) is 1. The smallest absolute Gasteiger partial charge is 0.251 e. The zero-order valence-corrected chi connectivity index (χ0v) is 20.6. The Kier molecular flexibility index (Phi) is 8.06. The number of nitrogens with zero attached hydrogens (tertiary/aromatic N) is 2. The first-order valence-electron chi connectivity index (χ1n) is 11.3. The van der Waals surface area contributed by atoms with E-state index in [-0.39, 0.29) is 18.2 Å². The second kappa shape index (κ2) is 11.4. The Balaban J connectivity index is 1.62. The maximum atomic E-state index is 14.8. The number of halogens is 3. The number of carbonyl (C=O) groups is 1. The zero-order valence-electron chi connectivity index (χ0n) is 19.1. The van der Waals surface area contributed by atoms with E-state index in [1.165, 1.54) is 12.1 Å². The molecule has 0 bridgehead atoms. The third-order valence-corrected chi connectivity index (χ3v) is 6.13. The first-order chi connectivity index (χ1) is 17.0. The van der Waals surface area contributed by atoms with Crippen molar-refractivity contribution >= 4 is 29.1 Å². The van der Waals surface area contributed by atoms with Gasteiger partial charge in [0.25, 0.3) is 5.91 Å². The van der Waals surface area contributed by atoms with E-state index < -0.39 is 5.82 Å². The topological polar surface area (TPSA) is 56.1 Å². The summed E-state index contributed by atoms with van der Waals surface area (Å²) < 4.78 is 22.0. The molecule has 0 radical (unpaired) electrons. The number of ether oxygens (including phenoxy) is 1. The van der Waals surface area contributed by atoms with Crippen LogP contribution in [0.4, 0.5) is 4.39 Å². The quantitative estimate of drug-likeness (QED) is 0.244. The Morgan fingerprint density at radius 1 is 1.06 bits per heavy atom. The van der Waals surface area contributed by atoms with Gasteiger partial charge in [-0.15, -0.1) is 0 Å². The summed E-state index contributed by atoms with van der Waals surface area (Å²) in [7, 11) is 0. The van der Waals surface area contributed by atoms with Crippen molar-refractivity contribution in [3.05, 3.63) is 99.9 Å². The summed E-state index contributed by atoms with van der Waals surface area (Å²) >= 11 is 12.0. The minimum absolute atomic E-state index is 0.178. The number of unbranched alkanes of at least 4 members (excludes halogenated alkanes) is 1. The Labute approximate surface area is 213 Å². The highest BCUT2D eigenvalue weighted by Gasteiger charge is 2.16. The molecule has 0 unspecified atom stereocenters. The first-order valence-corrected chi connectivity index (χ1v) is 12.0. The average Bonchev–Trinajstić information content (AvgIpc) is 3.30. The van der Waals surface area contributed by atoms with Crippen molar-refractivity contribution in [2.75, 3.05) is 6.61 Å². The van der Waals surface area contributed by atoms with Gasteiger partial charge in [0, 0.05) is 29.4 Å². The van der Waals surface area contributed by atoms with Gasteiger partial charge < -0.3 is 10.1 Å². The molecule has 0 aliphatic rings. The fourth-order valence-corrected chi connectivity index (χ4v) is 3.80. The number of amides is 1. The van der Waals surface area contributed by atoms with Gasteiger partial charge in [-0.05, 0) is 55.0 Å². The van der Waals surface area contributed by atoms with Crippen molar-refractivity contribution in [2.45, 2.75) is 26.3 Å². The summed E-state index contributed by atoms with van der Waals surface area (Å²) in [6.07, 6.45) is 3.64. The van der Waals surface area contributed by atoms with E-state index in [1.807, 2.05) is 43.5 Å². The van der Waals surface area contributed by atoms with Gasteiger partial charge in [0.1, 0.15) is 0 Å². The van der Waals surface area contributed by atoms with E-state index in [0.29, 0.717) is 33.5 Å². The molecule has 0 fully saturated rings. The lowest BCUT2D eigenvalue weighted by molar-refractivity contribution is 0.0951. The van der Waals surface area contributed by atoms with Crippen LogP contribution in [0.15, 0.2) is 72.9 Å². The molecule has 4 aromatic rings. The maximum Gasteiger partial charge on any atom is 0.251 e. The monoisotopic (exact) mass is 511 g/mol. The lowest BCUT2D eigenvalue weighted by Gasteiger charge is -2.09. The number of hydrogen-bond acceptors (Lipinski definition) is 3. The van der Waals surface area contributed by atoms with Crippen LogP contribution in [0.1, 0.15) is 35.7 Å². The molecule has 0 spiro atoms. The minimum atomic E-state index is -0.460. The van der Waals surface area contributed by atoms with Gasteiger partial charge in [0.05, 0.1) is 28.0 Å². The maximum absolute atomic E-state index is 14.8. The lowest BCUT2D eigenvalue weighted by atomic mass is 10.1. The predicted molar refractivity (Wildman–Crippen MR) is 137 cm³/mol. The van der Waals surface area contributed by atoms with Crippen molar-refractivity contribution < 1.29 is 13.9 Å². The normalized spacial score (nSPS) is 10.9. The van der Waals surface area contributed by atoms with Crippen molar-refractivity contribution in [1.29, 1.82) is 0 Å². The lowest BCUT2D eigenvalue weighted by Crippen LogP contribution is -2.22. The summed E-state index contributed by atoms with van der Waals surface area (Å²) in [4.78, 5) is 12.7. The molecular formula is C27H24Cl2FN3O2. The number of para-hydroxylation sites is 1. The SMILES string of the molecule is CCCCOc1ccc(-c2nn(-c3ccccc3)cc2CNC(=O)c2ccc(Cl)c(Cl)c2)cc1F. The van der Waals surface area contributed by atoms with E-state index >= 15 is 0 Å². The van der Waals surface area contributed by atoms with Crippen molar-refractivity contribution in [1.82, 2.24) is 15.1 Å². The molecule has 0 atom stereocenters. The number of hydrogen-bond donors (Lipinski definition) is 1. The molecule has 0 saturated heterocycles. The van der Waals surface area contributed by atoms with Crippen LogP contribution < -0.4 is 10.1 Å². The Hall–Kier alpha value is -3.35. The molecule has 3 aromatic carbocycles. The van der Waals surface area contributed by atoms with Crippen LogP contribution in [0, 0.1) is 5.82 Å².